The molecule has 0 bridgehead atoms. The van der Waals surface area contributed by atoms with E-state index in [1.54, 1.807) is 31.5 Å². The molecule has 2 aromatic rings. The average Bonchev–Trinajstić information content (AvgIpc) is 2.44. The van der Waals surface area contributed by atoms with Crippen molar-refractivity contribution in [1.29, 1.82) is 0 Å². The molecule has 0 amide bonds. The maximum absolute atomic E-state index is 11.2. The SMILES string of the molecule is Cc1ncc(-c2ccc(O)c(=O)cc2)cn1. The van der Waals surface area contributed by atoms with Crippen LogP contribution in [0.3, 0.4) is 0 Å². The number of hydrogen-bond donors (Lipinski definition) is 1. The quantitative estimate of drug-likeness (QED) is 0.781. The van der Waals surface area contributed by atoms with Gasteiger partial charge in [0.1, 0.15) is 5.82 Å². The van der Waals surface area contributed by atoms with E-state index in [2.05, 4.69) is 9.97 Å². The Kier molecular flexibility index (Phi) is 2.64. The normalized spacial score (nSPS) is 10.1. The van der Waals surface area contributed by atoms with Crippen LogP contribution in [0, 0.1) is 6.92 Å². The van der Waals surface area contributed by atoms with Gasteiger partial charge in [-0.3, -0.25) is 4.79 Å². The number of aromatic nitrogens is 2. The van der Waals surface area contributed by atoms with Crippen molar-refractivity contribution in [2.75, 3.05) is 0 Å². The molecule has 1 N–H and O–H groups in total. The van der Waals surface area contributed by atoms with Crippen molar-refractivity contribution in [2.45, 2.75) is 6.92 Å². The van der Waals surface area contributed by atoms with Crippen LogP contribution in [-0.4, -0.2) is 15.1 Å². The second-order valence-corrected chi connectivity index (χ2v) is 3.39. The highest BCUT2D eigenvalue weighted by atomic mass is 16.3. The van der Waals surface area contributed by atoms with Crippen LogP contribution in [-0.2, 0) is 0 Å². The van der Waals surface area contributed by atoms with Crippen LogP contribution in [0.5, 0.6) is 5.75 Å². The highest BCUT2D eigenvalue weighted by Gasteiger charge is 1.99. The number of aryl methyl sites for hydroxylation is 1. The average molecular weight is 214 g/mol. The third-order valence-electron chi connectivity index (χ3n) is 2.20. The molecule has 0 spiro atoms. The van der Waals surface area contributed by atoms with E-state index >= 15 is 0 Å². The summed E-state index contributed by atoms with van der Waals surface area (Å²) in [5.74, 6) is 0.427. The van der Waals surface area contributed by atoms with Crippen molar-refractivity contribution >= 4 is 0 Å². The molecule has 0 fully saturated rings. The fraction of sp³-hybridized carbons (Fsp3) is 0.0833. The number of aromatic hydroxyl groups is 1. The molecule has 1 aromatic heterocycles. The topological polar surface area (TPSA) is 63.1 Å². The second kappa shape index (κ2) is 4.10. The maximum atomic E-state index is 11.2. The van der Waals surface area contributed by atoms with Gasteiger partial charge in [0.05, 0.1) is 0 Å². The Morgan fingerprint density at radius 1 is 1.00 bits per heavy atom. The first-order valence-electron chi connectivity index (χ1n) is 4.79. The van der Waals surface area contributed by atoms with Crippen molar-refractivity contribution < 1.29 is 5.11 Å². The van der Waals surface area contributed by atoms with Gasteiger partial charge in [0.2, 0.25) is 5.43 Å². The van der Waals surface area contributed by atoms with Gasteiger partial charge in [0.15, 0.2) is 5.75 Å². The lowest BCUT2D eigenvalue weighted by atomic mass is 10.1. The summed E-state index contributed by atoms with van der Waals surface area (Å²) >= 11 is 0. The molecule has 80 valence electrons. The smallest absolute Gasteiger partial charge is 0.220 e. The molecule has 2 rings (SSSR count). The molecule has 4 heteroatoms. The van der Waals surface area contributed by atoms with Gasteiger partial charge in [-0.1, -0.05) is 12.1 Å². The molecular weight excluding hydrogens is 204 g/mol. The summed E-state index contributed by atoms with van der Waals surface area (Å²) in [7, 11) is 0. The standard InChI is InChI=1S/C12H10N2O2/c1-8-13-6-10(7-14-8)9-2-4-11(15)12(16)5-3-9/h2-7H,1H3,(H,15,16). The molecule has 0 aliphatic rings. The summed E-state index contributed by atoms with van der Waals surface area (Å²) in [6, 6.07) is 5.99. The van der Waals surface area contributed by atoms with Gasteiger partial charge < -0.3 is 5.11 Å². The molecule has 0 saturated carbocycles. The van der Waals surface area contributed by atoms with Crippen molar-refractivity contribution in [3.8, 4) is 16.9 Å². The van der Waals surface area contributed by atoms with E-state index in [1.165, 1.54) is 12.1 Å². The van der Waals surface area contributed by atoms with Crippen molar-refractivity contribution in [3.05, 3.63) is 52.7 Å². The highest BCUT2D eigenvalue weighted by molar-refractivity contribution is 5.61. The van der Waals surface area contributed by atoms with Crippen LogP contribution in [0.25, 0.3) is 11.1 Å². The largest absolute Gasteiger partial charge is 0.504 e. The van der Waals surface area contributed by atoms with E-state index in [1.807, 2.05) is 0 Å². The first-order valence-corrected chi connectivity index (χ1v) is 4.79. The second-order valence-electron chi connectivity index (χ2n) is 3.39. The third kappa shape index (κ3) is 2.06. The Labute approximate surface area is 92.3 Å². The van der Waals surface area contributed by atoms with Crippen LogP contribution in [0.15, 0.2) is 41.5 Å². The molecule has 0 aliphatic heterocycles. The molecule has 4 nitrogen and oxygen atoms in total. The lowest BCUT2D eigenvalue weighted by molar-refractivity contribution is 0.471. The van der Waals surface area contributed by atoms with Crippen molar-refractivity contribution in [3.63, 3.8) is 0 Å². The number of hydrogen-bond acceptors (Lipinski definition) is 4. The Morgan fingerprint density at radius 2 is 1.62 bits per heavy atom. The zero-order chi connectivity index (χ0) is 11.5. The highest BCUT2D eigenvalue weighted by Crippen LogP contribution is 2.16. The monoisotopic (exact) mass is 214 g/mol. The number of rotatable bonds is 1. The molecule has 0 aliphatic carbocycles. The van der Waals surface area contributed by atoms with Crippen LogP contribution >= 0.6 is 0 Å². The Bertz CT molecular complexity index is 565. The minimum absolute atomic E-state index is 0.265. The van der Waals surface area contributed by atoms with E-state index < -0.39 is 5.43 Å². The van der Waals surface area contributed by atoms with E-state index in [9.17, 15) is 9.90 Å². The predicted molar refractivity (Wildman–Crippen MR) is 60.1 cm³/mol. The summed E-state index contributed by atoms with van der Waals surface area (Å²) in [5.41, 5.74) is 1.19. The number of nitrogens with zero attached hydrogens (tertiary/aromatic N) is 2. The van der Waals surface area contributed by atoms with Gasteiger partial charge in [-0.2, -0.15) is 0 Å². The van der Waals surface area contributed by atoms with Crippen LogP contribution < -0.4 is 5.43 Å². The molecule has 0 saturated heterocycles. The van der Waals surface area contributed by atoms with Gasteiger partial charge in [0, 0.05) is 18.0 Å². The van der Waals surface area contributed by atoms with Crippen molar-refractivity contribution in [2.24, 2.45) is 0 Å². The van der Waals surface area contributed by atoms with Crippen molar-refractivity contribution in [1.82, 2.24) is 9.97 Å². The summed E-state index contributed by atoms with van der Waals surface area (Å²) in [5, 5.41) is 9.25. The third-order valence-corrected chi connectivity index (χ3v) is 2.20. The minimum atomic E-state index is -0.403. The molecule has 0 unspecified atom stereocenters. The zero-order valence-electron chi connectivity index (χ0n) is 8.71. The van der Waals surface area contributed by atoms with E-state index in [4.69, 9.17) is 0 Å². The van der Waals surface area contributed by atoms with Crippen LogP contribution in [0.1, 0.15) is 5.82 Å². The van der Waals surface area contributed by atoms with Gasteiger partial charge in [-0.25, -0.2) is 9.97 Å². The molecule has 0 atom stereocenters. The zero-order valence-corrected chi connectivity index (χ0v) is 8.71. The van der Waals surface area contributed by atoms with Gasteiger partial charge in [-0.15, -0.1) is 0 Å². The molecule has 1 aromatic carbocycles. The lowest BCUT2D eigenvalue weighted by Crippen LogP contribution is -1.91. The fourth-order valence-electron chi connectivity index (χ4n) is 1.29. The fourth-order valence-corrected chi connectivity index (χ4v) is 1.29. The van der Waals surface area contributed by atoms with Gasteiger partial charge in [0.25, 0.3) is 0 Å². The molecule has 1 heterocycles. The summed E-state index contributed by atoms with van der Waals surface area (Å²) in [6.45, 7) is 1.80. The van der Waals surface area contributed by atoms with E-state index in [0.717, 1.165) is 11.1 Å². The Morgan fingerprint density at radius 3 is 2.31 bits per heavy atom. The first kappa shape index (κ1) is 10.3. The van der Waals surface area contributed by atoms with Gasteiger partial charge >= 0.3 is 0 Å². The van der Waals surface area contributed by atoms with Crippen LogP contribution in [0.4, 0.5) is 0 Å². The minimum Gasteiger partial charge on any atom is -0.504 e. The Balaban J connectivity index is 2.53. The lowest BCUT2D eigenvalue weighted by Gasteiger charge is -1.97. The molecule has 0 radical (unpaired) electrons. The van der Waals surface area contributed by atoms with Crippen LogP contribution in [0.2, 0.25) is 0 Å². The summed E-state index contributed by atoms with van der Waals surface area (Å²) in [4.78, 5) is 19.3. The van der Waals surface area contributed by atoms with E-state index in [-0.39, 0.29) is 5.75 Å². The predicted octanol–water partition coefficient (Wildman–Crippen LogP) is 1.52. The molecular formula is C12H10N2O2. The van der Waals surface area contributed by atoms with Gasteiger partial charge in [-0.05, 0) is 24.6 Å². The molecule has 16 heavy (non-hydrogen) atoms. The first-order chi connectivity index (χ1) is 7.66. The van der Waals surface area contributed by atoms with E-state index in [0.29, 0.717) is 5.82 Å². The summed E-state index contributed by atoms with van der Waals surface area (Å²) in [6.07, 6.45) is 3.36. The maximum Gasteiger partial charge on any atom is 0.220 e. The summed E-state index contributed by atoms with van der Waals surface area (Å²) < 4.78 is 0. The Hall–Kier alpha value is -2.23.